The predicted molar refractivity (Wildman–Crippen MR) is 110 cm³/mol. The largest absolute Gasteiger partial charge is 0.493 e. The number of benzene rings is 1. The summed E-state index contributed by atoms with van der Waals surface area (Å²) in [5, 5.41) is 9.32. The van der Waals surface area contributed by atoms with Crippen LogP contribution in [0.1, 0.15) is 38.7 Å². The number of thiocarbonyl (C=S) groups is 1. The number of carbonyl (C=O) groups is 2. The van der Waals surface area contributed by atoms with Gasteiger partial charge in [0, 0.05) is 0 Å². The first-order valence-electron chi connectivity index (χ1n) is 8.73. The van der Waals surface area contributed by atoms with Crippen molar-refractivity contribution in [2.24, 2.45) is 0 Å². The Morgan fingerprint density at radius 2 is 2.11 bits per heavy atom. The van der Waals surface area contributed by atoms with Gasteiger partial charge in [-0.3, -0.25) is 9.69 Å². The minimum Gasteiger partial charge on any atom is -0.493 e. The van der Waals surface area contributed by atoms with Crippen molar-refractivity contribution in [3.63, 3.8) is 0 Å². The van der Waals surface area contributed by atoms with Crippen molar-refractivity contribution in [2.75, 3.05) is 13.7 Å². The molecular weight excluding hydrogens is 386 g/mol. The van der Waals surface area contributed by atoms with E-state index in [0.29, 0.717) is 23.0 Å². The topological polar surface area (TPSA) is 76.1 Å². The number of ether oxygens (including phenoxy) is 2. The van der Waals surface area contributed by atoms with Crippen molar-refractivity contribution < 1.29 is 24.2 Å². The van der Waals surface area contributed by atoms with E-state index in [9.17, 15) is 14.7 Å². The number of nitrogens with zero attached hydrogens (tertiary/aromatic N) is 1. The fourth-order valence-corrected chi connectivity index (χ4v) is 3.94. The Kier molecular flexibility index (Phi) is 7.67. The van der Waals surface area contributed by atoms with Gasteiger partial charge in [0.25, 0.3) is 5.91 Å². The number of carboxylic acid groups (broad SMARTS) is 1. The number of thioether (sulfide) groups is 1. The van der Waals surface area contributed by atoms with Crippen LogP contribution in [0, 0.1) is 0 Å². The van der Waals surface area contributed by atoms with Gasteiger partial charge in [-0.05, 0) is 36.6 Å². The first kappa shape index (κ1) is 21.2. The number of hydrogen-bond donors (Lipinski definition) is 1. The number of carboxylic acids is 1. The molecule has 1 fully saturated rings. The third kappa shape index (κ3) is 5.01. The molecule has 1 aromatic rings. The number of hydrogen-bond acceptors (Lipinski definition) is 6. The van der Waals surface area contributed by atoms with Gasteiger partial charge in [-0.1, -0.05) is 50.3 Å². The van der Waals surface area contributed by atoms with Crippen LogP contribution in [0.4, 0.5) is 0 Å². The van der Waals surface area contributed by atoms with Crippen molar-refractivity contribution in [1.29, 1.82) is 0 Å². The summed E-state index contributed by atoms with van der Waals surface area (Å²) >= 11 is 6.33. The maximum absolute atomic E-state index is 12.7. The summed E-state index contributed by atoms with van der Waals surface area (Å²) in [5.74, 6) is -0.230. The van der Waals surface area contributed by atoms with E-state index in [4.69, 9.17) is 21.7 Å². The second kappa shape index (κ2) is 9.75. The Morgan fingerprint density at radius 1 is 1.37 bits per heavy atom. The molecule has 0 radical (unpaired) electrons. The van der Waals surface area contributed by atoms with Crippen LogP contribution in [0.15, 0.2) is 23.1 Å². The molecule has 1 atom stereocenters. The standard InChI is InChI=1S/C19H23NO5S2/c1-4-6-9-25-14-8-7-12(10-15(14)24-3)11-16-17(21)20(19(26)27-16)13(5-2)18(22)23/h7-8,10-11,13H,4-6,9H2,1-3H3,(H,22,23)/b16-11-/t13-/m0/s1. The van der Waals surface area contributed by atoms with Gasteiger partial charge in [0.15, 0.2) is 11.5 Å². The molecule has 27 heavy (non-hydrogen) atoms. The molecule has 1 N–H and O–H groups in total. The highest BCUT2D eigenvalue weighted by Gasteiger charge is 2.39. The van der Waals surface area contributed by atoms with Crippen molar-refractivity contribution >= 4 is 46.3 Å². The number of unbranched alkanes of at least 4 members (excludes halogenated alkanes) is 1. The molecule has 0 aromatic heterocycles. The molecular formula is C19H23NO5S2. The molecule has 1 aliphatic heterocycles. The highest BCUT2D eigenvalue weighted by molar-refractivity contribution is 8.26. The van der Waals surface area contributed by atoms with Crippen LogP contribution in [0.25, 0.3) is 6.08 Å². The van der Waals surface area contributed by atoms with E-state index >= 15 is 0 Å². The van der Waals surface area contributed by atoms with Crippen LogP contribution in [0.5, 0.6) is 11.5 Å². The molecule has 8 heteroatoms. The lowest BCUT2D eigenvalue weighted by Gasteiger charge is -2.21. The summed E-state index contributed by atoms with van der Waals surface area (Å²) in [5.41, 5.74) is 0.749. The third-order valence-corrected chi connectivity index (χ3v) is 5.38. The number of amides is 1. The molecule has 146 valence electrons. The molecule has 0 bridgehead atoms. The highest BCUT2D eigenvalue weighted by Crippen LogP contribution is 2.36. The average Bonchev–Trinajstić information content (AvgIpc) is 2.91. The van der Waals surface area contributed by atoms with E-state index in [1.54, 1.807) is 32.2 Å². The van der Waals surface area contributed by atoms with Crippen molar-refractivity contribution in [2.45, 2.75) is 39.2 Å². The molecule has 6 nitrogen and oxygen atoms in total. The van der Waals surface area contributed by atoms with Crippen molar-refractivity contribution in [1.82, 2.24) is 4.90 Å². The van der Waals surface area contributed by atoms with Crippen molar-refractivity contribution in [3.05, 3.63) is 28.7 Å². The maximum atomic E-state index is 12.7. The lowest BCUT2D eigenvalue weighted by molar-refractivity contribution is -0.145. The van der Waals surface area contributed by atoms with Crippen LogP contribution in [0.3, 0.4) is 0 Å². The molecule has 1 saturated heterocycles. The lowest BCUT2D eigenvalue weighted by atomic mass is 10.1. The molecule has 1 aromatic carbocycles. The molecule has 1 heterocycles. The molecule has 0 saturated carbocycles. The minimum absolute atomic E-state index is 0.256. The second-order valence-corrected chi connectivity index (χ2v) is 7.60. The number of methoxy groups -OCH3 is 1. The van der Waals surface area contributed by atoms with Crippen LogP contribution < -0.4 is 9.47 Å². The first-order chi connectivity index (χ1) is 12.9. The van der Waals surface area contributed by atoms with E-state index < -0.39 is 12.0 Å². The van der Waals surface area contributed by atoms with E-state index in [0.717, 1.165) is 30.2 Å². The van der Waals surface area contributed by atoms with Gasteiger partial charge in [0.2, 0.25) is 0 Å². The highest BCUT2D eigenvalue weighted by atomic mass is 32.2. The summed E-state index contributed by atoms with van der Waals surface area (Å²) in [6.07, 6.45) is 3.96. The quantitative estimate of drug-likeness (QED) is 0.376. The normalized spacial score (nSPS) is 16.7. The zero-order chi connectivity index (χ0) is 20.0. The Labute approximate surface area is 168 Å². The molecule has 0 unspecified atom stereocenters. The average molecular weight is 410 g/mol. The zero-order valence-electron chi connectivity index (χ0n) is 15.6. The third-order valence-electron chi connectivity index (χ3n) is 4.05. The number of aliphatic carboxylic acids is 1. The molecule has 1 aliphatic rings. The monoisotopic (exact) mass is 409 g/mol. The smallest absolute Gasteiger partial charge is 0.326 e. The van der Waals surface area contributed by atoms with Gasteiger partial charge in [-0.2, -0.15) is 0 Å². The van der Waals surface area contributed by atoms with Gasteiger partial charge in [0.05, 0.1) is 18.6 Å². The van der Waals surface area contributed by atoms with Crippen molar-refractivity contribution in [3.8, 4) is 11.5 Å². The Balaban J connectivity index is 2.24. The lowest BCUT2D eigenvalue weighted by Crippen LogP contribution is -2.43. The van der Waals surface area contributed by atoms with Gasteiger partial charge in [-0.15, -0.1) is 0 Å². The predicted octanol–water partition coefficient (Wildman–Crippen LogP) is 3.94. The number of carbonyl (C=O) groups excluding carboxylic acids is 1. The fourth-order valence-electron chi connectivity index (χ4n) is 2.59. The number of rotatable bonds is 9. The van der Waals surface area contributed by atoms with Crippen LogP contribution >= 0.6 is 24.0 Å². The summed E-state index contributed by atoms with van der Waals surface area (Å²) in [6.45, 7) is 4.41. The summed E-state index contributed by atoms with van der Waals surface area (Å²) in [7, 11) is 1.56. The van der Waals surface area contributed by atoms with E-state index in [1.165, 1.54) is 4.90 Å². The summed E-state index contributed by atoms with van der Waals surface area (Å²) in [6, 6.07) is 4.45. The van der Waals surface area contributed by atoms with Gasteiger partial charge in [-0.25, -0.2) is 4.79 Å². The molecule has 0 spiro atoms. The van der Waals surface area contributed by atoms with Gasteiger partial charge >= 0.3 is 5.97 Å². The van der Waals surface area contributed by atoms with Crippen LogP contribution in [-0.4, -0.2) is 46.0 Å². The minimum atomic E-state index is -1.06. The molecule has 0 aliphatic carbocycles. The van der Waals surface area contributed by atoms with Crippen LogP contribution in [-0.2, 0) is 9.59 Å². The van der Waals surface area contributed by atoms with Crippen LogP contribution in [0.2, 0.25) is 0 Å². The van der Waals surface area contributed by atoms with Gasteiger partial charge < -0.3 is 14.6 Å². The zero-order valence-corrected chi connectivity index (χ0v) is 17.2. The van der Waals surface area contributed by atoms with E-state index in [-0.39, 0.29) is 16.6 Å². The molecule has 2 rings (SSSR count). The van der Waals surface area contributed by atoms with E-state index in [2.05, 4.69) is 6.92 Å². The Hall–Kier alpha value is -2.06. The van der Waals surface area contributed by atoms with Gasteiger partial charge in [0.1, 0.15) is 10.4 Å². The van der Waals surface area contributed by atoms with E-state index in [1.807, 2.05) is 6.07 Å². The summed E-state index contributed by atoms with van der Waals surface area (Å²) < 4.78 is 11.3. The summed E-state index contributed by atoms with van der Waals surface area (Å²) in [4.78, 5) is 25.6. The maximum Gasteiger partial charge on any atom is 0.326 e. The fraction of sp³-hybridized carbons (Fsp3) is 0.421. The Bertz CT molecular complexity index is 762. The first-order valence-corrected chi connectivity index (χ1v) is 9.96. The second-order valence-electron chi connectivity index (χ2n) is 5.93. The Morgan fingerprint density at radius 3 is 2.70 bits per heavy atom. The molecule has 1 amide bonds. The SMILES string of the molecule is CCCCOc1ccc(/C=C2\SC(=S)N([C@@H](CC)C(=O)O)C2=O)cc1OC.